The highest BCUT2D eigenvalue weighted by molar-refractivity contribution is 5.99. The monoisotopic (exact) mass is 264 g/mol. The summed E-state index contributed by atoms with van der Waals surface area (Å²) in [7, 11) is 1.54. The average molecular weight is 264 g/mol. The Morgan fingerprint density at radius 1 is 1.21 bits per heavy atom. The molecule has 0 saturated carbocycles. The average Bonchev–Trinajstić information content (AvgIpc) is 2.38. The van der Waals surface area contributed by atoms with Crippen molar-refractivity contribution in [2.24, 2.45) is 0 Å². The van der Waals surface area contributed by atoms with Gasteiger partial charge in [0.2, 0.25) is 0 Å². The molecule has 0 radical (unpaired) electrons. The summed E-state index contributed by atoms with van der Waals surface area (Å²) in [5, 5.41) is 0. The Hall–Kier alpha value is -1.84. The van der Waals surface area contributed by atoms with E-state index in [1.807, 2.05) is 19.1 Å². The van der Waals surface area contributed by atoms with Crippen molar-refractivity contribution in [2.45, 2.75) is 33.1 Å². The molecule has 19 heavy (non-hydrogen) atoms. The zero-order chi connectivity index (χ0) is 14.3. The highest BCUT2D eigenvalue weighted by Crippen LogP contribution is 2.22. The lowest BCUT2D eigenvalue weighted by Gasteiger charge is -2.08. The Morgan fingerprint density at radius 2 is 1.95 bits per heavy atom. The van der Waals surface area contributed by atoms with Gasteiger partial charge in [-0.25, -0.2) is 0 Å². The van der Waals surface area contributed by atoms with Crippen molar-refractivity contribution in [2.75, 3.05) is 13.7 Å². The number of hydrogen-bond donors (Lipinski definition) is 0. The van der Waals surface area contributed by atoms with Crippen LogP contribution >= 0.6 is 0 Å². The summed E-state index contributed by atoms with van der Waals surface area (Å²) in [6.07, 6.45) is 1.08. The van der Waals surface area contributed by atoms with Gasteiger partial charge in [0.25, 0.3) is 0 Å². The van der Waals surface area contributed by atoms with E-state index >= 15 is 0 Å². The van der Waals surface area contributed by atoms with Gasteiger partial charge < -0.3 is 9.47 Å². The quantitative estimate of drug-likeness (QED) is 0.561. The van der Waals surface area contributed by atoms with Gasteiger partial charge in [0.05, 0.1) is 19.3 Å². The van der Waals surface area contributed by atoms with Crippen LogP contribution in [-0.2, 0) is 9.53 Å². The number of hydrogen-bond acceptors (Lipinski definition) is 4. The van der Waals surface area contributed by atoms with Crippen molar-refractivity contribution in [1.82, 2.24) is 0 Å². The summed E-state index contributed by atoms with van der Waals surface area (Å²) in [5.74, 6) is 0.308. The standard InChI is InChI=1S/C15H20O4/c1-4-19-15(17)7-5-6-13(16)12-10-11(2)8-9-14(12)18-3/h8-10H,4-7H2,1-3H3. The largest absolute Gasteiger partial charge is 0.496 e. The van der Waals surface area contributed by atoms with E-state index in [-0.39, 0.29) is 18.2 Å². The van der Waals surface area contributed by atoms with Gasteiger partial charge in [0, 0.05) is 12.8 Å². The molecule has 0 spiro atoms. The number of carbonyl (C=O) groups excluding carboxylic acids is 2. The molecule has 0 saturated heterocycles. The molecule has 0 bridgehead atoms. The molecule has 0 fully saturated rings. The van der Waals surface area contributed by atoms with Crippen LogP contribution in [0.25, 0.3) is 0 Å². The number of ketones is 1. The van der Waals surface area contributed by atoms with E-state index in [0.29, 0.717) is 30.8 Å². The van der Waals surface area contributed by atoms with Crippen LogP contribution in [0.2, 0.25) is 0 Å². The smallest absolute Gasteiger partial charge is 0.305 e. The minimum Gasteiger partial charge on any atom is -0.496 e. The molecule has 0 atom stereocenters. The van der Waals surface area contributed by atoms with Crippen LogP contribution < -0.4 is 4.74 Å². The van der Waals surface area contributed by atoms with Gasteiger partial charge in [-0.2, -0.15) is 0 Å². The lowest BCUT2D eigenvalue weighted by atomic mass is 10.0. The van der Waals surface area contributed by atoms with Gasteiger partial charge in [-0.15, -0.1) is 0 Å². The fraction of sp³-hybridized carbons (Fsp3) is 0.467. The second-order valence-electron chi connectivity index (χ2n) is 4.29. The van der Waals surface area contributed by atoms with Crippen molar-refractivity contribution in [3.05, 3.63) is 29.3 Å². The van der Waals surface area contributed by atoms with Gasteiger partial charge in [0.1, 0.15) is 5.75 Å². The highest BCUT2D eigenvalue weighted by atomic mass is 16.5. The second-order valence-corrected chi connectivity index (χ2v) is 4.29. The fourth-order valence-electron chi connectivity index (χ4n) is 1.80. The van der Waals surface area contributed by atoms with Crippen LogP contribution in [-0.4, -0.2) is 25.5 Å². The van der Waals surface area contributed by atoms with E-state index in [0.717, 1.165) is 5.56 Å². The Balaban J connectivity index is 2.58. The molecular formula is C15H20O4. The molecule has 1 aromatic carbocycles. The molecule has 0 heterocycles. The molecule has 0 aliphatic carbocycles. The molecule has 0 unspecified atom stereocenters. The highest BCUT2D eigenvalue weighted by Gasteiger charge is 2.13. The number of rotatable bonds is 7. The van der Waals surface area contributed by atoms with Crippen molar-refractivity contribution in [1.29, 1.82) is 0 Å². The number of Topliss-reactive ketones (excluding diaryl/α,β-unsaturated/α-hetero) is 1. The number of methoxy groups -OCH3 is 1. The van der Waals surface area contributed by atoms with Gasteiger partial charge in [-0.1, -0.05) is 11.6 Å². The maximum atomic E-state index is 12.1. The zero-order valence-electron chi connectivity index (χ0n) is 11.7. The molecule has 4 heteroatoms. The van der Waals surface area contributed by atoms with Crippen molar-refractivity contribution in [3.8, 4) is 5.75 Å². The van der Waals surface area contributed by atoms with Crippen molar-refractivity contribution in [3.63, 3.8) is 0 Å². The fourth-order valence-corrected chi connectivity index (χ4v) is 1.80. The molecule has 0 aromatic heterocycles. The topological polar surface area (TPSA) is 52.6 Å². The molecule has 0 amide bonds. The van der Waals surface area contributed by atoms with Crippen molar-refractivity contribution < 1.29 is 19.1 Å². The molecule has 0 aliphatic rings. The number of aryl methyl sites for hydroxylation is 1. The number of carbonyl (C=O) groups is 2. The van der Waals surface area contributed by atoms with E-state index in [9.17, 15) is 9.59 Å². The Labute approximate surface area is 113 Å². The predicted molar refractivity (Wildman–Crippen MR) is 72.5 cm³/mol. The third kappa shape index (κ3) is 4.73. The van der Waals surface area contributed by atoms with Crippen molar-refractivity contribution >= 4 is 11.8 Å². The zero-order valence-corrected chi connectivity index (χ0v) is 11.7. The van der Waals surface area contributed by atoms with Crippen LogP contribution in [0.5, 0.6) is 5.75 Å². The lowest BCUT2D eigenvalue weighted by Crippen LogP contribution is -2.07. The first-order valence-corrected chi connectivity index (χ1v) is 6.42. The molecular weight excluding hydrogens is 244 g/mol. The molecule has 1 aromatic rings. The first-order chi connectivity index (χ1) is 9.08. The summed E-state index contributed by atoms with van der Waals surface area (Å²) in [6, 6.07) is 5.49. The SMILES string of the molecule is CCOC(=O)CCCC(=O)c1cc(C)ccc1OC. The number of ether oxygens (including phenoxy) is 2. The van der Waals surface area contributed by atoms with Crippen LogP contribution in [0.3, 0.4) is 0 Å². The summed E-state index contributed by atoms with van der Waals surface area (Å²) in [4.78, 5) is 23.3. The van der Waals surface area contributed by atoms with Crippen LogP contribution in [0.15, 0.2) is 18.2 Å². The molecule has 0 aliphatic heterocycles. The Morgan fingerprint density at radius 3 is 2.58 bits per heavy atom. The third-order valence-electron chi connectivity index (χ3n) is 2.75. The number of esters is 1. The summed E-state index contributed by atoms with van der Waals surface area (Å²) < 4.78 is 9.99. The van der Waals surface area contributed by atoms with Gasteiger partial charge >= 0.3 is 5.97 Å². The second kappa shape index (κ2) is 7.56. The van der Waals surface area contributed by atoms with E-state index in [4.69, 9.17) is 9.47 Å². The minimum absolute atomic E-state index is 0.00940. The van der Waals surface area contributed by atoms with E-state index < -0.39 is 0 Å². The van der Waals surface area contributed by atoms with Crippen LogP contribution in [0, 0.1) is 6.92 Å². The van der Waals surface area contributed by atoms with Crippen LogP contribution in [0.4, 0.5) is 0 Å². The Bertz CT molecular complexity index is 451. The summed E-state index contributed by atoms with van der Waals surface area (Å²) in [5.41, 5.74) is 1.58. The maximum Gasteiger partial charge on any atom is 0.305 e. The first kappa shape index (κ1) is 15.2. The number of benzene rings is 1. The van der Waals surface area contributed by atoms with E-state index in [1.54, 1.807) is 20.1 Å². The van der Waals surface area contributed by atoms with Crippen LogP contribution in [0.1, 0.15) is 42.1 Å². The third-order valence-corrected chi connectivity index (χ3v) is 2.75. The maximum absolute atomic E-state index is 12.1. The normalized spacial score (nSPS) is 10.1. The van der Waals surface area contributed by atoms with Gasteiger partial charge in [0.15, 0.2) is 5.78 Å². The van der Waals surface area contributed by atoms with Gasteiger partial charge in [-0.3, -0.25) is 9.59 Å². The molecule has 4 nitrogen and oxygen atoms in total. The van der Waals surface area contributed by atoms with E-state index in [2.05, 4.69) is 0 Å². The van der Waals surface area contributed by atoms with E-state index in [1.165, 1.54) is 0 Å². The summed E-state index contributed by atoms with van der Waals surface area (Å²) >= 11 is 0. The molecule has 1 rings (SSSR count). The minimum atomic E-state index is -0.258. The predicted octanol–water partition coefficient (Wildman–Crippen LogP) is 2.92. The Kier molecular flexibility index (Phi) is 6.06. The molecule has 0 N–H and O–H groups in total. The first-order valence-electron chi connectivity index (χ1n) is 6.42. The van der Waals surface area contributed by atoms with Gasteiger partial charge in [-0.05, 0) is 32.4 Å². The molecule has 104 valence electrons. The summed E-state index contributed by atoms with van der Waals surface area (Å²) in [6.45, 7) is 4.06. The lowest BCUT2D eigenvalue weighted by molar-refractivity contribution is -0.143.